The highest BCUT2D eigenvalue weighted by atomic mass is 19.4. The maximum atomic E-state index is 14.3. The number of urea groups is 1. The number of esters is 1. The minimum Gasteiger partial charge on any atom is -0.542 e. The van der Waals surface area contributed by atoms with Crippen LogP contribution >= 0.6 is 0 Å². The first-order valence-electron chi connectivity index (χ1n) is 17.3. The molecule has 0 spiro atoms. The number of piperidine rings is 1. The average molecular weight is 773 g/mol. The molecule has 3 amide bonds. The minimum absolute atomic E-state index is 0.0960. The molecule has 3 aromatic rings. The number of amides is 3. The number of halogens is 3. The van der Waals surface area contributed by atoms with Gasteiger partial charge in [0, 0.05) is 17.7 Å². The predicted octanol–water partition coefficient (Wildman–Crippen LogP) is 4.57. The summed E-state index contributed by atoms with van der Waals surface area (Å²) in [6, 6.07) is 17.0. The highest BCUT2D eigenvalue weighted by Gasteiger charge is 2.43. The van der Waals surface area contributed by atoms with Gasteiger partial charge in [0.05, 0.1) is 45.0 Å². The van der Waals surface area contributed by atoms with E-state index < -0.39 is 36.1 Å². The van der Waals surface area contributed by atoms with Gasteiger partial charge in [-0.1, -0.05) is 18.7 Å². The lowest BCUT2D eigenvalue weighted by molar-refractivity contribution is -0.941. The topological polar surface area (TPSA) is 181 Å². The van der Waals surface area contributed by atoms with Crippen LogP contribution in [-0.4, -0.2) is 96.6 Å². The van der Waals surface area contributed by atoms with Gasteiger partial charge in [-0.15, -0.1) is 0 Å². The summed E-state index contributed by atoms with van der Waals surface area (Å²) in [5, 5.41) is 21.6. The van der Waals surface area contributed by atoms with Crippen LogP contribution in [0.1, 0.15) is 48.2 Å². The van der Waals surface area contributed by atoms with E-state index in [1.165, 1.54) is 0 Å². The number of alkyl halides is 3. The number of nitrogens with one attached hydrogen (secondary N) is 1. The van der Waals surface area contributed by atoms with Gasteiger partial charge in [-0.05, 0) is 92.9 Å². The lowest BCUT2D eigenvalue weighted by Gasteiger charge is -2.48. The lowest BCUT2D eigenvalue weighted by atomic mass is 9.95. The van der Waals surface area contributed by atoms with E-state index in [0.717, 1.165) is 24.1 Å². The number of hydrogen-bond donors (Lipinski definition) is 3. The SMILES string of the molecule is C=CC[N+]1(Cc2ccc(OC)c(OC)c2)CCC[C@@H](N(C(=O)Nc2ccc(C(=O)OC(C)C)cc2)[C@@H](Cc2ccc(O)cc2)C(N)=O)C1.O=C([O-])C(F)(F)F. The lowest BCUT2D eigenvalue weighted by Crippen LogP contribution is -2.64. The maximum Gasteiger partial charge on any atom is 0.430 e. The Balaban J connectivity index is 0.00000106. The minimum atomic E-state index is -5.19. The number of methoxy groups -OCH3 is 2. The number of quaternary nitrogens is 1. The molecule has 0 saturated carbocycles. The molecule has 16 heteroatoms. The van der Waals surface area contributed by atoms with Gasteiger partial charge in [-0.25, -0.2) is 9.59 Å². The zero-order valence-corrected chi connectivity index (χ0v) is 31.1. The van der Waals surface area contributed by atoms with Crippen LogP contribution < -0.4 is 25.6 Å². The van der Waals surface area contributed by atoms with Crippen molar-refractivity contribution < 1.29 is 61.3 Å². The van der Waals surface area contributed by atoms with E-state index in [9.17, 15) is 32.7 Å². The average Bonchev–Trinajstić information content (AvgIpc) is 3.12. The summed E-state index contributed by atoms with van der Waals surface area (Å²) in [6.07, 6.45) is -1.94. The second-order valence-electron chi connectivity index (χ2n) is 13.3. The highest BCUT2D eigenvalue weighted by Crippen LogP contribution is 2.32. The summed E-state index contributed by atoms with van der Waals surface area (Å²) in [5.41, 5.74) is 8.64. The van der Waals surface area contributed by atoms with Gasteiger partial charge in [0.2, 0.25) is 5.91 Å². The summed E-state index contributed by atoms with van der Waals surface area (Å²) in [7, 11) is 3.20. The van der Waals surface area contributed by atoms with Crippen molar-refractivity contribution in [3.8, 4) is 17.2 Å². The van der Waals surface area contributed by atoms with Gasteiger partial charge in [0.25, 0.3) is 0 Å². The largest absolute Gasteiger partial charge is 0.542 e. The van der Waals surface area contributed by atoms with Crippen molar-refractivity contribution in [2.75, 3.05) is 39.2 Å². The van der Waals surface area contributed by atoms with E-state index in [1.807, 2.05) is 24.3 Å². The van der Waals surface area contributed by atoms with Crippen LogP contribution in [0.5, 0.6) is 17.2 Å². The number of hydrogen-bond acceptors (Lipinski definition) is 9. The zero-order chi connectivity index (χ0) is 40.9. The molecule has 1 fully saturated rings. The van der Waals surface area contributed by atoms with Crippen molar-refractivity contribution in [1.29, 1.82) is 0 Å². The van der Waals surface area contributed by atoms with Gasteiger partial charge in [0.15, 0.2) is 11.5 Å². The first-order chi connectivity index (χ1) is 25.9. The molecule has 13 nitrogen and oxygen atoms in total. The number of carboxylic acid groups (broad SMARTS) is 1. The Hall–Kier alpha value is -5.77. The Labute approximate surface area is 317 Å². The molecule has 4 N–H and O–H groups in total. The summed E-state index contributed by atoms with van der Waals surface area (Å²) >= 11 is 0. The van der Waals surface area contributed by atoms with Gasteiger partial charge in [-0.3, -0.25) is 4.79 Å². The number of rotatable bonds is 14. The molecule has 1 heterocycles. The third-order valence-corrected chi connectivity index (χ3v) is 8.85. The summed E-state index contributed by atoms with van der Waals surface area (Å²) < 4.78 is 48.4. The molecule has 298 valence electrons. The van der Waals surface area contributed by atoms with Crippen LogP contribution in [0.25, 0.3) is 0 Å². The molecular weight excluding hydrogens is 725 g/mol. The van der Waals surface area contributed by atoms with E-state index in [-0.39, 0.29) is 24.3 Å². The van der Waals surface area contributed by atoms with Gasteiger partial charge >= 0.3 is 18.2 Å². The molecular formula is C39H47F3N4O9. The number of aliphatic carboxylic acids is 1. The molecule has 3 atom stereocenters. The third kappa shape index (κ3) is 12.7. The van der Waals surface area contributed by atoms with Crippen molar-refractivity contribution in [2.45, 2.75) is 64.0 Å². The molecule has 55 heavy (non-hydrogen) atoms. The fraction of sp³-hybridized carbons (Fsp3) is 0.385. The molecule has 0 radical (unpaired) electrons. The number of nitrogens with two attached hydrogens (primary N) is 1. The number of carboxylic acids is 1. The van der Waals surface area contributed by atoms with E-state index in [1.54, 1.807) is 81.5 Å². The second-order valence-corrected chi connectivity index (χ2v) is 13.3. The van der Waals surface area contributed by atoms with Crippen molar-refractivity contribution in [1.82, 2.24) is 4.90 Å². The highest BCUT2D eigenvalue weighted by molar-refractivity contribution is 5.95. The Kier molecular flexibility index (Phi) is 15.5. The van der Waals surface area contributed by atoms with Crippen molar-refractivity contribution in [3.05, 3.63) is 96.1 Å². The number of primary amides is 1. The smallest absolute Gasteiger partial charge is 0.430 e. The number of carbonyl (C=O) groups excluding carboxylic acids is 4. The first-order valence-corrected chi connectivity index (χ1v) is 17.3. The predicted molar refractivity (Wildman–Crippen MR) is 195 cm³/mol. The molecule has 4 rings (SSSR count). The zero-order valence-electron chi connectivity index (χ0n) is 31.1. The summed E-state index contributed by atoms with van der Waals surface area (Å²) in [5.74, 6) is -2.74. The van der Waals surface area contributed by atoms with E-state index in [0.29, 0.717) is 53.3 Å². The first kappa shape index (κ1) is 43.6. The summed E-state index contributed by atoms with van der Waals surface area (Å²) in [6.45, 7) is 10.3. The molecule has 3 aromatic carbocycles. The van der Waals surface area contributed by atoms with Crippen molar-refractivity contribution in [3.63, 3.8) is 0 Å². The quantitative estimate of drug-likeness (QED) is 0.120. The number of nitrogens with zero attached hydrogens (tertiary/aromatic N) is 2. The van der Waals surface area contributed by atoms with Crippen LogP contribution in [0, 0.1) is 0 Å². The van der Waals surface area contributed by atoms with E-state index in [4.69, 9.17) is 29.8 Å². The summed E-state index contributed by atoms with van der Waals surface area (Å²) in [4.78, 5) is 50.2. The van der Waals surface area contributed by atoms with Crippen LogP contribution in [-0.2, 0) is 27.3 Å². The molecule has 1 unspecified atom stereocenters. The van der Waals surface area contributed by atoms with Crippen molar-refractivity contribution in [2.24, 2.45) is 5.73 Å². The molecule has 0 bridgehead atoms. The number of benzene rings is 3. The number of likely N-dealkylation sites (tertiary alicyclic amines) is 1. The van der Waals surface area contributed by atoms with Gasteiger partial charge in [-0.2, -0.15) is 13.2 Å². The normalized spacial score (nSPS) is 17.1. The number of aromatic hydroxyl groups is 1. The van der Waals surface area contributed by atoms with E-state index in [2.05, 4.69) is 11.9 Å². The fourth-order valence-corrected chi connectivity index (χ4v) is 6.45. The molecule has 0 aromatic heterocycles. The maximum absolute atomic E-state index is 14.3. The number of phenols is 1. The number of ether oxygens (including phenoxy) is 3. The van der Waals surface area contributed by atoms with Gasteiger partial charge < -0.3 is 49.7 Å². The number of phenolic OH excluding ortho intramolecular Hbond substituents is 1. The van der Waals surface area contributed by atoms with Crippen LogP contribution in [0.2, 0.25) is 0 Å². The third-order valence-electron chi connectivity index (χ3n) is 8.85. The molecule has 1 aliphatic heterocycles. The Morgan fingerprint density at radius 1 is 1.02 bits per heavy atom. The standard InChI is InChI=1S/C37H46N4O7.C2HF3O2/c1-6-19-41(23-27-11-18-33(46-4)34(22-27)47-5)20-7-8-30(24-41)40(32(35(38)43)21-26-9-16-31(42)17-10-26)37(45)39-29-14-12-28(13-15-29)36(44)48-25(2)3;3-2(4,5)1(6)7/h6,9-18,22,25,30,32H,1,7-8,19-21,23-24H2,2-5H3,(H3-,38,39,42,43,44,45);(H,6,7)/t30-,32+,41?;/m1./s1. The Bertz CT molecular complexity index is 1790. The number of anilines is 1. The Morgan fingerprint density at radius 3 is 2.15 bits per heavy atom. The molecule has 1 saturated heterocycles. The monoisotopic (exact) mass is 772 g/mol. The van der Waals surface area contributed by atoms with Crippen molar-refractivity contribution >= 4 is 29.6 Å². The molecule has 1 aliphatic rings. The van der Waals surface area contributed by atoms with Crippen LogP contribution in [0.3, 0.4) is 0 Å². The fourth-order valence-electron chi connectivity index (χ4n) is 6.45. The second kappa shape index (κ2) is 19.5. The number of carbonyl (C=O) groups is 4. The van der Waals surface area contributed by atoms with E-state index >= 15 is 0 Å². The molecule has 0 aliphatic carbocycles. The Morgan fingerprint density at radius 2 is 1.62 bits per heavy atom. The van der Waals surface area contributed by atoms with Gasteiger partial charge in [0.1, 0.15) is 30.9 Å². The van der Waals surface area contributed by atoms with Crippen LogP contribution in [0.4, 0.5) is 23.7 Å². The van der Waals surface area contributed by atoms with Crippen LogP contribution in [0.15, 0.2) is 79.4 Å².